The lowest BCUT2D eigenvalue weighted by Gasteiger charge is -2.00. The minimum absolute atomic E-state index is 0.0622. The third-order valence-corrected chi connectivity index (χ3v) is 2.19. The Morgan fingerprint density at radius 2 is 2.31 bits per heavy atom. The fraction of sp³-hybridized carbons (Fsp3) is 0.222. The molecule has 0 fully saturated rings. The first kappa shape index (κ1) is 8.07. The maximum atomic E-state index is 11.4. The van der Waals surface area contributed by atoms with Gasteiger partial charge in [-0.15, -0.1) is 0 Å². The van der Waals surface area contributed by atoms with Crippen molar-refractivity contribution in [2.24, 2.45) is 12.8 Å². The molecule has 0 unspecified atom stereocenters. The number of nitrogens with two attached hydrogens (primary N) is 1. The molecule has 0 atom stereocenters. The average Bonchev–Trinajstić information content (AvgIpc) is 2.43. The summed E-state index contributed by atoms with van der Waals surface area (Å²) in [7, 11) is 1.81. The molecule has 4 heteroatoms. The standard InChI is InChI=1S/C9H11N3O/c1-12-8-6(5-10)3-2-4-7(8)9(13)11-12/h2-4H,5,10H2,1H3,(H,11,13). The van der Waals surface area contributed by atoms with Crippen LogP contribution >= 0.6 is 0 Å². The number of aromatic amines is 1. The van der Waals surface area contributed by atoms with E-state index in [-0.39, 0.29) is 5.56 Å². The lowest BCUT2D eigenvalue weighted by Crippen LogP contribution is -2.01. The van der Waals surface area contributed by atoms with Crippen molar-refractivity contribution in [2.75, 3.05) is 0 Å². The zero-order valence-corrected chi connectivity index (χ0v) is 7.37. The van der Waals surface area contributed by atoms with Gasteiger partial charge in [0, 0.05) is 13.6 Å². The number of aromatic nitrogens is 2. The molecule has 2 aromatic rings. The molecular weight excluding hydrogens is 166 g/mol. The molecule has 2 rings (SSSR count). The van der Waals surface area contributed by atoms with E-state index in [0.29, 0.717) is 11.9 Å². The second kappa shape index (κ2) is 2.74. The summed E-state index contributed by atoms with van der Waals surface area (Å²) in [6.07, 6.45) is 0. The summed E-state index contributed by atoms with van der Waals surface area (Å²) < 4.78 is 1.71. The summed E-state index contributed by atoms with van der Waals surface area (Å²) in [6, 6.07) is 5.57. The topological polar surface area (TPSA) is 63.8 Å². The third-order valence-electron chi connectivity index (χ3n) is 2.19. The number of benzene rings is 1. The van der Waals surface area contributed by atoms with Crippen molar-refractivity contribution < 1.29 is 0 Å². The zero-order valence-electron chi connectivity index (χ0n) is 7.37. The Morgan fingerprint density at radius 3 is 3.00 bits per heavy atom. The summed E-state index contributed by atoms with van der Waals surface area (Å²) in [5.41, 5.74) is 7.39. The summed E-state index contributed by atoms with van der Waals surface area (Å²) >= 11 is 0. The van der Waals surface area contributed by atoms with Crippen LogP contribution in [0, 0.1) is 0 Å². The van der Waals surface area contributed by atoms with E-state index in [2.05, 4.69) is 5.10 Å². The van der Waals surface area contributed by atoms with Crippen LogP contribution in [0.25, 0.3) is 10.9 Å². The molecule has 0 radical (unpaired) electrons. The van der Waals surface area contributed by atoms with Crippen LogP contribution in [0.15, 0.2) is 23.0 Å². The van der Waals surface area contributed by atoms with Crippen LogP contribution in [0.5, 0.6) is 0 Å². The van der Waals surface area contributed by atoms with Crippen molar-refractivity contribution in [2.45, 2.75) is 6.54 Å². The third kappa shape index (κ3) is 1.07. The van der Waals surface area contributed by atoms with Crippen LogP contribution in [0.4, 0.5) is 0 Å². The predicted molar refractivity (Wildman–Crippen MR) is 51.4 cm³/mol. The van der Waals surface area contributed by atoms with Gasteiger partial charge in [0.1, 0.15) is 0 Å². The van der Waals surface area contributed by atoms with Gasteiger partial charge < -0.3 is 5.73 Å². The van der Waals surface area contributed by atoms with Gasteiger partial charge in [-0.25, -0.2) is 0 Å². The maximum Gasteiger partial charge on any atom is 0.271 e. The first-order valence-electron chi connectivity index (χ1n) is 4.10. The van der Waals surface area contributed by atoms with E-state index in [1.807, 2.05) is 19.2 Å². The Morgan fingerprint density at radius 1 is 1.54 bits per heavy atom. The first-order chi connectivity index (χ1) is 6.24. The van der Waals surface area contributed by atoms with Crippen LogP contribution in [-0.4, -0.2) is 9.78 Å². The highest BCUT2D eigenvalue weighted by Gasteiger charge is 2.06. The molecule has 0 aliphatic carbocycles. The Bertz CT molecular complexity index is 495. The fourth-order valence-electron chi connectivity index (χ4n) is 1.60. The van der Waals surface area contributed by atoms with Crippen LogP contribution in [0.1, 0.15) is 5.56 Å². The van der Waals surface area contributed by atoms with Crippen LogP contribution in [-0.2, 0) is 13.6 Å². The van der Waals surface area contributed by atoms with Gasteiger partial charge in [0.25, 0.3) is 5.56 Å². The van der Waals surface area contributed by atoms with Crippen molar-refractivity contribution in [1.29, 1.82) is 0 Å². The number of hydrogen-bond donors (Lipinski definition) is 2. The van der Waals surface area contributed by atoms with Gasteiger partial charge in [0.2, 0.25) is 0 Å². The van der Waals surface area contributed by atoms with Gasteiger partial charge in [-0.2, -0.15) is 0 Å². The Balaban J connectivity index is 2.97. The summed E-state index contributed by atoms with van der Waals surface area (Å²) in [6.45, 7) is 0.447. The Kier molecular flexibility index (Phi) is 1.70. The van der Waals surface area contributed by atoms with E-state index in [4.69, 9.17) is 5.73 Å². The van der Waals surface area contributed by atoms with Gasteiger partial charge in [-0.05, 0) is 11.6 Å². The minimum atomic E-state index is -0.0622. The van der Waals surface area contributed by atoms with E-state index < -0.39 is 0 Å². The molecule has 1 heterocycles. The van der Waals surface area contributed by atoms with Crippen LogP contribution in [0.2, 0.25) is 0 Å². The van der Waals surface area contributed by atoms with Gasteiger partial charge in [-0.1, -0.05) is 12.1 Å². The number of para-hydroxylation sites is 1. The van der Waals surface area contributed by atoms with E-state index in [0.717, 1.165) is 11.1 Å². The molecule has 68 valence electrons. The number of aryl methyl sites for hydroxylation is 1. The van der Waals surface area contributed by atoms with Crippen molar-refractivity contribution in [3.8, 4) is 0 Å². The lowest BCUT2D eigenvalue weighted by atomic mass is 10.1. The van der Waals surface area contributed by atoms with E-state index in [1.165, 1.54) is 0 Å². The monoisotopic (exact) mass is 177 g/mol. The van der Waals surface area contributed by atoms with Gasteiger partial charge >= 0.3 is 0 Å². The maximum absolute atomic E-state index is 11.4. The summed E-state index contributed by atoms with van der Waals surface area (Å²) in [4.78, 5) is 11.4. The van der Waals surface area contributed by atoms with Crippen LogP contribution in [0.3, 0.4) is 0 Å². The highest BCUT2D eigenvalue weighted by molar-refractivity contribution is 5.81. The van der Waals surface area contributed by atoms with Gasteiger partial charge in [0.05, 0.1) is 10.9 Å². The molecule has 0 saturated carbocycles. The number of H-pyrrole nitrogens is 1. The zero-order chi connectivity index (χ0) is 9.42. The molecule has 13 heavy (non-hydrogen) atoms. The molecule has 0 aliphatic heterocycles. The second-order valence-corrected chi connectivity index (χ2v) is 3.02. The number of hydrogen-bond acceptors (Lipinski definition) is 2. The van der Waals surface area contributed by atoms with Crippen LogP contribution < -0.4 is 11.3 Å². The van der Waals surface area contributed by atoms with Crippen molar-refractivity contribution in [3.05, 3.63) is 34.1 Å². The molecular formula is C9H11N3O. The van der Waals surface area contributed by atoms with Gasteiger partial charge in [0.15, 0.2) is 0 Å². The molecule has 3 N–H and O–H groups in total. The minimum Gasteiger partial charge on any atom is -0.326 e. The van der Waals surface area contributed by atoms with Crippen molar-refractivity contribution in [1.82, 2.24) is 9.78 Å². The quantitative estimate of drug-likeness (QED) is 0.659. The second-order valence-electron chi connectivity index (χ2n) is 3.02. The van der Waals surface area contributed by atoms with E-state index in [9.17, 15) is 4.79 Å². The van der Waals surface area contributed by atoms with E-state index >= 15 is 0 Å². The molecule has 0 bridgehead atoms. The Labute approximate surface area is 75.0 Å². The molecule has 0 amide bonds. The molecule has 0 aliphatic rings. The smallest absolute Gasteiger partial charge is 0.271 e. The number of rotatable bonds is 1. The first-order valence-corrected chi connectivity index (χ1v) is 4.10. The Hall–Kier alpha value is -1.55. The summed E-state index contributed by atoms with van der Waals surface area (Å²) in [5.74, 6) is 0. The average molecular weight is 177 g/mol. The molecule has 0 spiro atoms. The molecule has 1 aromatic carbocycles. The molecule has 4 nitrogen and oxygen atoms in total. The SMILES string of the molecule is Cn1[nH]c(=O)c2cccc(CN)c21. The van der Waals surface area contributed by atoms with Gasteiger partial charge in [-0.3, -0.25) is 14.6 Å². The highest BCUT2D eigenvalue weighted by Crippen LogP contribution is 2.13. The number of nitrogens with one attached hydrogen (secondary N) is 1. The normalized spacial score (nSPS) is 10.9. The number of fused-ring (bicyclic) bond motifs is 1. The highest BCUT2D eigenvalue weighted by atomic mass is 16.1. The predicted octanol–water partition coefficient (Wildman–Crippen LogP) is 0.325. The van der Waals surface area contributed by atoms with E-state index in [1.54, 1.807) is 10.7 Å². The van der Waals surface area contributed by atoms with Crippen molar-refractivity contribution in [3.63, 3.8) is 0 Å². The fourth-order valence-corrected chi connectivity index (χ4v) is 1.60. The molecule has 0 saturated heterocycles. The number of nitrogens with zero attached hydrogens (tertiary/aromatic N) is 1. The largest absolute Gasteiger partial charge is 0.326 e. The lowest BCUT2D eigenvalue weighted by molar-refractivity contribution is 0.778. The molecule has 1 aromatic heterocycles. The summed E-state index contributed by atoms with van der Waals surface area (Å²) in [5, 5.41) is 3.40. The van der Waals surface area contributed by atoms with Crippen molar-refractivity contribution >= 4 is 10.9 Å².